The van der Waals surface area contributed by atoms with E-state index in [0.29, 0.717) is 17.9 Å². The topological polar surface area (TPSA) is 20.2 Å². The Balaban J connectivity index is 2.62. The Labute approximate surface area is 101 Å². The largest absolute Gasteiger partial charge is 0.393 e. The van der Waals surface area contributed by atoms with Crippen molar-refractivity contribution in [1.82, 2.24) is 0 Å². The second kappa shape index (κ2) is 6.21. The Kier molecular flexibility index (Phi) is 5.23. The zero-order chi connectivity index (χ0) is 12.1. The SMILES string of the molecule is CCC(C)CC(O)Cc1cccc(F)c1Cl. The van der Waals surface area contributed by atoms with Gasteiger partial charge in [0.2, 0.25) is 0 Å². The first-order chi connectivity index (χ1) is 7.54. The molecule has 3 heteroatoms. The third-order valence-electron chi connectivity index (χ3n) is 2.86. The smallest absolute Gasteiger partial charge is 0.142 e. The van der Waals surface area contributed by atoms with Crippen LogP contribution in [0.25, 0.3) is 0 Å². The second-order valence-corrected chi connectivity index (χ2v) is 4.70. The molecule has 16 heavy (non-hydrogen) atoms. The maximum Gasteiger partial charge on any atom is 0.142 e. The number of aliphatic hydroxyl groups is 1. The molecule has 2 unspecified atom stereocenters. The number of hydrogen-bond acceptors (Lipinski definition) is 1. The van der Waals surface area contributed by atoms with Crippen molar-refractivity contribution in [3.05, 3.63) is 34.6 Å². The van der Waals surface area contributed by atoms with E-state index in [1.807, 2.05) is 0 Å². The fourth-order valence-corrected chi connectivity index (χ4v) is 1.88. The quantitative estimate of drug-likeness (QED) is 0.835. The molecule has 0 radical (unpaired) electrons. The number of rotatable bonds is 5. The minimum Gasteiger partial charge on any atom is -0.393 e. The highest BCUT2D eigenvalue weighted by Crippen LogP contribution is 2.22. The second-order valence-electron chi connectivity index (χ2n) is 4.32. The van der Waals surface area contributed by atoms with E-state index in [9.17, 15) is 9.50 Å². The summed E-state index contributed by atoms with van der Waals surface area (Å²) in [6.07, 6.45) is 1.73. The lowest BCUT2D eigenvalue weighted by Gasteiger charge is -2.15. The first-order valence-electron chi connectivity index (χ1n) is 5.65. The molecule has 1 nitrogen and oxygen atoms in total. The van der Waals surface area contributed by atoms with E-state index in [1.54, 1.807) is 12.1 Å². The van der Waals surface area contributed by atoms with Gasteiger partial charge in [0.15, 0.2) is 0 Å². The Morgan fingerprint density at radius 2 is 2.12 bits per heavy atom. The summed E-state index contributed by atoms with van der Waals surface area (Å²) in [7, 11) is 0. The van der Waals surface area contributed by atoms with Gasteiger partial charge in [0, 0.05) is 0 Å². The maximum atomic E-state index is 13.1. The Bertz CT molecular complexity index is 341. The molecular formula is C13H18ClFO. The summed E-state index contributed by atoms with van der Waals surface area (Å²) in [6.45, 7) is 4.18. The summed E-state index contributed by atoms with van der Waals surface area (Å²) >= 11 is 5.82. The van der Waals surface area contributed by atoms with Crippen molar-refractivity contribution in [1.29, 1.82) is 0 Å². The van der Waals surface area contributed by atoms with E-state index in [0.717, 1.165) is 12.8 Å². The normalized spacial score (nSPS) is 14.8. The number of halogens is 2. The summed E-state index contributed by atoms with van der Waals surface area (Å²) in [4.78, 5) is 0. The molecule has 2 atom stereocenters. The molecule has 1 rings (SSSR count). The summed E-state index contributed by atoms with van der Waals surface area (Å²) in [5, 5.41) is 9.97. The fraction of sp³-hybridized carbons (Fsp3) is 0.538. The molecule has 0 bridgehead atoms. The maximum absolute atomic E-state index is 13.1. The minimum atomic E-state index is -0.450. The lowest BCUT2D eigenvalue weighted by Crippen LogP contribution is -2.14. The van der Waals surface area contributed by atoms with Crippen molar-refractivity contribution in [2.24, 2.45) is 5.92 Å². The molecule has 0 aromatic heterocycles. The van der Waals surface area contributed by atoms with Gasteiger partial charge in [-0.3, -0.25) is 0 Å². The molecule has 1 N–H and O–H groups in total. The molecule has 0 saturated heterocycles. The van der Waals surface area contributed by atoms with Crippen molar-refractivity contribution in [3.63, 3.8) is 0 Å². The highest BCUT2D eigenvalue weighted by atomic mass is 35.5. The van der Waals surface area contributed by atoms with Crippen molar-refractivity contribution in [2.45, 2.75) is 39.2 Å². The summed E-state index contributed by atoms with van der Waals surface area (Å²) in [5.74, 6) is 0.0530. The van der Waals surface area contributed by atoms with Gasteiger partial charge in [-0.25, -0.2) is 4.39 Å². The van der Waals surface area contributed by atoms with Crippen LogP contribution in [0.1, 0.15) is 32.3 Å². The van der Waals surface area contributed by atoms with Gasteiger partial charge in [0.1, 0.15) is 5.82 Å². The molecule has 1 aromatic rings. The van der Waals surface area contributed by atoms with E-state index in [-0.39, 0.29) is 5.02 Å². The average molecular weight is 245 g/mol. The van der Waals surface area contributed by atoms with Crippen LogP contribution in [0.2, 0.25) is 5.02 Å². The minimum absolute atomic E-state index is 0.130. The third-order valence-corrected chi connectivity index (χ3v) is 3.28. The van der Waals surface area contributed by atoms with E-state index in [1.165, 1.54) is 6.07 Å². The van der Waals surface area contributed by atoms with Gasteiger partial charge < -0.3 is 5.11 Å². The van der Waals surface area contributed by atoms with E-state index in [4.69, 9.17) is 11.6 Å². The van der Waals surface area contributed by atoms with Crippen LogP contribution in [0.5, 0.6) is 0 Å². The number of benzene rings is 1. The van der Waals surface area contributed by atoms with Crippen LogP contribution in [0.3, 0.4) is 0 Å². The predicted molar refractivity (Wildman–Crippen MR) is 65.2 cm³/mol. The van der Waals surface area contributed by atoms with E-state index >= 15 is 0 Å². The van der Waals surface area contributed by atoms with Gasteiger partial charge in [-0.05, 0) is 30.4 Å². The van der Waals surface area contributed by atoms with E-state index < -0.39 is 11.9 Å². The number of hydrogen-bond donors (Lipinski definition) is 1. The molecule has 90 valence electrons. The fourth-order valence-electron chi connectivity index (χ4n) is 1.67. The van der Waals surface area contributed by atoms with Gasteiger partial charge in [0.25, 0.3) is 0 Å². The Hall–Kier alpha value is -0.600. The molecule has 0 aliphatic rings. The molecular weight excluding hydrogens is 227 g/mol. The molecule has 0 heterocycles. The molecule has 0 saturated carbocycles. The van der Waals surface area contributed by atoms with Gasteiger partial charge in [-0.15, -0.1) is 0 Å². The first kappa shape index (κ1) is 13.5. The molecule has 0 fully saturated rings. The zero-order valence-corrected chi connectivity index (χ0v) is 10.5. The van der Waals surface area contributed by atoms with Crippen molar-refractivity contribution in [2.75, 3.05) is 0 Å². The van der Waals surface area contributed by atoms with Crippen molar-refractivity contribution < 1.29 is 9.50 Å². The summed E-state index contributed by atoms with van der Waals surface area (Å²) < 4.78 is 13.1. The highest BCUT2D eigenvalue weighted by molar-refractivity contribution is 6.31. The van der Waals surface area contributed by atoms with Crippen LogP contribution < -0.4 is 0 Å². The lowest BCUT2D eigenvalue weighted by atomic mass is 9.97. The van der Waals surface area contributed by atoms with Crippen molar-refractivity contribution in [3.8, 4) is 0 Å². The van der Waals surface area contributed by atoms with Crippen LogP contribution in [-0.2, 0) is 6.42 Å². The number of aliphatic hydroxyl groups excluding tert-OH is 1. The monoisotopic (exact) mass is 244 g/mol. The molecule has 0 spiro atoms. The standard InChI is InChI=1S/C13H18ClFO/c1-3-9(2)7-11(16)8-10-5-4-6-12(15)13(10)14/h4-6,9,11,16H,3,7-8H2,1-2H3. The highest BCUT2D eigenvalue weighted by Gasteiger charge is 2.13. The summed E-state index contributed by atoms with van der Waals surface area (Å²) in [6, 6.07) is 4.70. The van der Waals surface area contributed by atoms with Crippen LogP contribution >= 0.6 is 11.6 Å². The molecule has 0 amide bonds. The van der Waals surface area contributed by atoms with Crippen LogP contribution in [0.4, 0.5) is 4.39 Å². The van der Waals surface area contributed by atoms with Crippen molar-refractivity contribution >= 4 is 11.6 Å². The van der Waals surface area contributed by atoms with Gasteiger partial charge >= 0.3 is 0 Å². The molecule has 0 aliphatic carbocycles. The average Bonchev–Trinajstić information content (AvgIpc) is 2.24. The van der Waals surface area contributed by atoms with Crippen LogP contribution in [0, 0.1) is 11.7 Å². The first-order valence-corrected chi connectivity index (χ1v) is 6.03. The third kappa shape index (κ3) is 3.76. The van der Waals surface area contributed by atoms with Gasteiger partial charge in [0.05, 0.1) is 11.1 Å². The molecule has 0 aliphatic heterocycles. The zero-order valence-electron chi connectivity index (χ0n) is 9.71. The Morgan fingerprint density at radius 1 is 1.44 bits per heavy atom. The van der Waals surface area contributed by atoms with Crippen LogP contribution in [0.15, 0.2) is 18.2 Å². The lowest BCUT2D eigenvalue weighted by molar-refractivity contribution is 0.144. The van der Waals surface area contributed by atoms with Crippen LogP contribution in [-0.4, -0.2) is 11.2 Å². The van der Waals surface area contributed by atoms with Gasteiger partial charge in [-0.1, -0.05) is 44.0 Å². The summed E-state index contributed by atoms with van der Waals surface area (Å²) in [5.41, 5.74) is 0.678. The van der Waals surface area contributed by atoms with Gasteiger partial charge in [-0.2, -0.15) is 0 Å². The predicted octanol–water partition coefficient (Wildman–Crippen LogP) is 3.82. The van der Waals surface area contributed by atoms with E-state index in [2.05, 4.69) is 13.8 Å². The molecule has 1 aromatic carbocycles. The Morgan fingerprint density at radius 3 is 2.75 bits per heavy atom.